The van der Waals surface area contributed by atoms with Crippen molar-refractivity contribution in [2.45, 2.75) is 26.7 Å². The first-order valence-electron chi connectivity index (χ1n) is 6.31. The van der Waals surface area contributed by atoms with Crippen LogP contribution in [0.1, 0.15) is 37.8 Å². The average Bonchev–Trinajstić information content (AvgIpc) is 2.39. The summed E-state index contributed by atoms with van der Waals surface area (Å²) in [5.41, 5.74) is 1.54. The summed E-state index contributed by atoms with van der Waals surface area (Å²) in [4.78, 5) is 12.3. The number of ether oxygens (including phenoxy) is 1. The highest BCUT2D eigenvalue weighted by molar-refractivity contribution is 5.94. The Hall–Kier alpha value is -2.10. The molecule has 2 aromatic rings. The van der Waals surface area contributed by atoms with E-state index in [1.54, 1.807) is 13.0 Å². The lowest BCUT2D eigenvalue weighted by Gasteiger charge is -2.08. The highest BCUT2D eigenvalue weighted by Crippen LogP contribution is 2.19. The second-order valence-electron chi connectivity index (χ2n) is 4.65. The van der Waals surface area contributed by atoms with Crippen LogP contribution in [0.2, 0.25) is 0 Å². The van der Waals surface area contributed by atoms with Crippen LogP contribution in [0.4, 0.5) is 0 Å². The van der Waals surface area contributed by atoms with E-state index in [2.05, 4.69) is 13.8 Å². The monoisotopic (exact) mass is 259 g/mol. The zero-order valence-corrected chi connectivity index (χ0v) is 11.3. The van der Waals surface area contributed by atoms with Crippen LogP contribution in [-0.4, -0.2) is 12.5 Å². The standard InChI is InChI=1S/C15H17NO3/c1-4-18-15(16)12-8-19-13-6-5-10(9(2)3)7-11(13)14(12)17/h5-9,16H,4H2,1-3H3. The molecule has 1 N–H and O–H groups in total. The Bertz CT molecular complexity index is 671. The molecule has 2 rings (SSSR count). The summed E-state index contributed by atoms with van der Waals surface area (Å²) in [6.07, 6.45) is 1.29. The molecule has 1 aromatic heterocycles. The van der Waals surface area contributed by atoms with E-state index >= 15 is 0 Å². The van der Waals surface area contributed by atoms with E-state index in [-0.39, 0.29) is 16.9 Å². The van der Waals surface area contributed by atoms with Crippen LogP contribution in [0, 0.1) is 5.41 Å². The minimum absolute atomic E-state index is 0.145. The normalized spacial score (nSPS) is 10.9. The first-order valence-corrected chi connectivity index (χ1v) is 6.31. The largest absolute Gasteiger partial charge is 0.478 e. The molecule has 0 aliphatic carbocycles. The molecule has 0 saturated carbocycles. The Morgan fingerprint density at radius 1 is 1.42 bits per heavy atom. The molecule has 0 bridgehead atoms. The topological polar surface area (TPSA) is 63.3 Å². The molecule has 0 spiro atoms. The van der Waals surface area contributed by atoms with Gasteiger partial charge in [-0.3, -0.25) is 10.2 Å². The van der Waals surface area contributed by atoms with Crippen LogP contribution >= 0.6 is 0 Å². The van der Waals surface area contributed by atoms with Gasteiger partial charge in [0.1, 0.15) is 17.4 Å². The highest BCUT2D eigenvalue weighted by Gasteiger charge is 2.13. The Morgan fingerprint density at radius 2 is 2.16 bits per heavy atom. The van der Waals surface area contributed by atoms with E-state index in [0.29, 0.717) is 23.5 Å². The Morgan fingerprint density at radius 3 is 2.79 bits per heavy atom. The Balaban J connectivity index is 2.62. The summed E-state index contributed by atoms with van der Waals surface area (Å²) in [6, 6.07) is 5.57. The van der Waals surface area contributed by atoms with Crippen molar-refractivity contribution in [1.29, 1.82) is 5.41 Å². The third kappa shape index (κ3) is 2.52. The van der Waals surface area contributed by atoms with Gasteiger partial charge in [0.05, 0.1) is 12.0 Å². The van der Waals surface area contributed by atoms with Gasteiger partial charge in [-0.15, -0.1) is 0 Å². The van der Waals surface area contributed by atoms with Crippen LogP contribution in [0.5, 0.6) is 0 Å². The lowest BCUT2D eigenvalue weighted by molar-refractivity contribution is 0.324. The summed E-state index contributed by atoms with van der Waals surface area (Å²) >= 11 is 0. The molecule has 0 fully saturated rings. The SMILES string of the molecule is CCOC(=N)c1coc2ccc(C(C)C)cc2c1=O. The lowest BCUT2D eigenvalue weighted by atomic mass is 10.0. The third-order valence-corrected chi connectivity index (χ3v) is 3.00. The van der Waals surface area contributed by atoms with E-state index in [1.165, 1.54) is 6.26 Å². The van der Waals surface area contributed by atoms with E-state index in [0.717, 1.165) is 5.56 Å². The smallest absolute Gasteiger partial charge is 0.220 e. The van der Waals surface area contributed by atoms with Crippen molar-refractivity contribution in [3.63, 3.8) is 0 Å². The van der Waals surface area contributed by atoms with E-state index in [1.807, 2.05) is 12.1 Å². The van der Waals surface area contributed by atoms with Crippen molar-refractivity contribution >= 4 is 16.9 Å². The van der Waals surface area contributed by atoms with Gasteiger partial charge in [0, 0.05) is 0 Å². The maximum absolute atomic E-state index is 12.3. The fourth-order valence-corrected chi connectivity index (χ4v) is 1.89. The maximum atomic E-state index is 12.3. The summed E-state index contributed by atoms with van der Waals surface area (Å²) in [5.74, 6) is 0.187. The molecule has 4 heteroatoms. The van der Waals surface area contributed by atoms with Crippen molar-refractivity contribution in [2.75, 3.05) is 6.61 Å². The predicted molar refractivity (Wildman–Crippen MR) is 75.0 cm³/mol. The molecule has 0 atom stereocenters. The number of hydrogen-bond donors (Lipinski definition) is 1. The fourth-order valence-electron chi connectivity index (χ4n) is 1.89. The summed E-state index contributed by atoms with van der Waals surface area (Å²) < 4.78 is 10.5. The van der Waals surface area contributed by atoms with E-state index in [9.17, 15) is 4.79 Å². The second-order valence-corrected chi connectivity index (χ2v) is 4.65. The van der Waals surface area contributed by atoms with Crippen LogP contribution in [0.3, 0.4) is 0 Å². The van der Waals surface area contributed by atoms with Gasteiger partial charge in [-0.05, 0) is 30.5 Å². The van der Waals surface area contributed by atoms with Gasteiger partial charge in [0.25, 0.3) is 0 Å². The molecule has 0 unspecified atom stereocenters. The van der Waals surface area contributed by atoms with Crippen LogP contribution in [-0.2, 0) is 4.74 Å². The van der Waals surface area contributed by atoms with Gasteiger partial charge in [0.2, 0.25) is 11.3 Å². The van der Waals surface area contributed by atoms with Crippen molar-refractivity contribution in [2.24, 2.45) is 0 Å². The first-order chi connectivity index (χ1) is 9.04. The van der Waals surface area contributed by atoms with Gasteiger partial charge in [-0.25, -0.2) is 0 Å². The maximum Gasteiger partial charge on any atom is 0.220 e. The van der Waals surface area contributed by atoms with Gasteiger partial charge >= 0.3 is 0 Å². The minimum atomic E-state index is -0.220. The minimum Gasteiger partial charge on any atom is -0.478 e. The molecular weight excluding hydrogens is 242 g/mol. The molecule has 0 aliphatic rings. The van der Waals surface area contributed by atoms with Crippen LogP contribution < -0.4 is 5.43 Å². The first kappa shape index (κ1) is 13.3. The lowest BCUT2D eigenvalue weighted by Crippen LogP contribution is -2.17. The molecular formula is C15H17NO3. The molecule has 0 saturated heterocycles. The second kappa shape index (κ2) is 5.26. The zero-order valence-electron chi connectivity index (χ0n) is 11.3. The molecule has 0 radical (unpaired) electrons. The summed E-state index contributed by atoms with van der Waals surface area (Å²) in [6.45, 7) is 6.25. The molecule has 0 aliphatic heterocycles. The Labute approximate surface area is 111 Å². The van der Waals surface area contributed by atoms with Crippen molar-refractivity contribution in [3.05, 3.63) is 45.8 Å². The van der Waals surface area contributed by atoms with Crippen molar-refractivity contribution in [3.8, 4) is 0 Å². The third-order valence-electron chi connectivity index (χ3n) is 3.00. The quantitative estimate of drug-likeness (QED) is 0.679. The zero-order chi connectivity index (χ0) is 14.0. The molecule has 4 nitrogen and oxygen atoms in total. The predicted octanol–water partition coefficient (Wildman–Crippen LogP) is 3.28. The number of benzene rings is 1. The van der Waals surface area contributed by atoms with Gasteiger partial charge < -0.3 is 9.15 Å². The summed E-state index contributed by atoms with van der Waals surface area (Å²) in [5, 5.41) is 8.20. The highest BCUT2D eigenvalue weighted by atomic mass is 16.5. The van der Waals surface area contributed by atoms with Gasteiger partial charge in [0.15, 0.2) is 0 Å². The number of fused-ring (bicyclic) bond motifs is 1. The summed E-state index contributed by atoms with van der Waals surface area (Å²) in [7, 11) is 0. The number of nitrogens with one attached hydrogen (secondary N) is 1. The average molecular weight is 259 g/mol. The molecule has 1 heterocycles. The Kier molecular flexibility index (Phi) is 3.69. The fraction of sp³-hybridized carbons (Fsp3) is 0.333. The van der Waals surface area contributed by atoms with Crippen LogP contribution in [0.25, 0.3) is 11.0 Å². The van der Waals surface area contributed by atoms with Gasteiger partial charge in [-0.2, -0.15) is 0 Å². The molecule has 100 valence electrons. The van der Waals surface area contributed by atoms with Gasteiger partial charge in [-0.1, -0.05) is 19.9 Å². The van der Waals surface area contributed by atoms with Crippen molar-refractivity contribution < 1.29 is 9.15 Å². The van der Waals surface area contributed by atoms with E-state index in [4.69, 9.17) is 14.6 Å². The molecule has 1 aromatic carbocycles. The van der Waals surface area contributed by atoms with Crippen LogP contribution in [0.15, 0.2) is 33.7 Å². The number of rotatable bonds is 3. The van der Waals surface area contributed by atoms with E-state index < -0.39 is 0 Å². The molecule has 19 heavy (non-hydrogen) atoms. The number of hydrogen-bond acceptors (Lipinski definition) is 4. The molecule has 0 amide bonds. The van der Waals surface area contributed by atoms with Crippen molar-refractivity contribution in [1.82, 2.24) is 0 Å².